The van der Waals surface area contributed by atoms with Crippen LogP contribution in [0.15, 0.2) is 26.1 Å². The molecular weight excluding hydrogens is 332 g/mol. The maximum Gasteiger partial charge on any atom is 0.234 e. The van der Waals surface area contributed by atoms with Crippen molar-refractivity contribution in [2.45, 2.75) is 11.1 Å². The summed E-state index contributed by atoms with van der Waals surface area (Å²) in [5.41, 5.74) is 0.315. The van der Waals surface area contributed by atoms with Crippen LogP contribution < -0.4 is 4.90 Å². The van der Waals surface area contributed by atoms with Gasteiger partial charge in [-0.3, -0.25) is 4.79 Å². The molecule has 0 bridgehead atoms. The van der Waals surface area contributed by atoms with Gasteiger partial charge in [-0.15, -0.1) is 23.1 Å². The zero-order valence-corrected chi connectivity index (χ0v) is 14.3. The van der Waals surface area contributed by atoms with E-state index in [-0.39, 0.29) is 5.91 Å². The number of piperazine rings is 1. The van der Waals surface area contributed by atoms with Gasteiger partial charge < -0.3 is 14.2 Å². The van der Waals surface area contributed by atoms with Crippen molar-refractivity contribution in [2.24, 2.45) is 0 Å². The van der Waals surface area contributed by atoms with Gasteiger partial charge in [-0.1, -0.05) is 6.07 Å². The second kappa shape index (κ2) is 7.06. The number of aromatic nitrogens is 1. The normalized spacial score (nSPS) is 14.8. The highest BCUT2D eigenvalue weighted by atomic mass is 32.2. The topological polar surface area (TPSA) is 73.4 Å². The summed E-state index contributed by atoms with van der Waals surface area (Å²) in [7, 11) is 0. The smallest absolute Gasteiger partial charge is 0.234 e. The molecular formula is C15H16N4O2S2. The van der Waals surface area contributed by atoms with Crippen molar-refractivity contribution in [3.63, 3.8) is 0 Å². The maximum atomic E-state index is 12.3. The number of thiophene rings is 1. The molecule has 3 heterocycles. The quantitative estimate of drug-likeness (QED) is 0.790. The highest BCUT2D eigenvalue weighted by Gasteiger charge is 2.25. The Morgan fingerprint density at radius 2 is 2.26 bits per heavy atom. The van der Waals surface area contributed by atoms with E-state index in [2.05, 4.69) is 11.1 Å². The van der Waals surface area contributed by atoms with Crippen LogP contribution in [-0.4, -0.2) is 47.7 Å². The number of thioether (sulfide) groups is 1. The number of anilines is 1. The largest absolute Gasteiger partial charge is 0.424 e. The van der Waals surface area contributed by atoms with Crippen molar-refractivity contribution in [2.75, 3.05) is 36.8 Å². The summed E-state index contributed by atoms with van der Waals surface area (Å²) < 4.78 is 6.68. The van der Waals surface area contributed by atoms with E-state index in [1.165, 1.54) is 0 Å². The molecule has 0 N–H and O–H groups in total. The number of rotatable bonds is 4. The minimum atomic E-state index is 0.150. The van der Waals surface area contributed by atoms with Crippen LogP contribution in [0.4, 0.5) is 5.88 Å². The summed E-state index contributed by atoms with van der Waals surface area (Å²) >= 11 is 3.23. The Hall–Kier alpha value is -1.98. The van der Waals surface area contributed by atoms with Crippen molar-refractivity contribution in [3.05, 3.63) is 29.1 Å². The van der Waals surface area contributed by atoms with Crippen LogP contribution in [-0.2, 0) is 4.79 Å². The first kappa shape index (κ1) is 15.9. The molecule has 2 aromatic rings. The Morgan fingerprint density at radius 1 is 1.48 bits per heavy atom. The third-order valence-corrected chi connectivity index (χ3v) is 5.69. The van der Waals surface area contributed by atoms with Crippen LogP contribution in [0.25, 0.3) is 0 Å². The Labute approximate surface area is 142 Å². The van der Waals surface area contributed by atoms with Gasteiger partial charge in [0, 0.05) is 33.1 Å². The average Bonchev–Trinajstić information content (AvgIpc) is 3.22. The predicted molar refractivity (Wildman–Crippen MR) is 89.8 cm³/mol. The van der Waals surface area contributed by atoms with E-state index in [0.717, 1.165) is 4.21 Å². The molecule has 0 saturated carbocycles. The third-order valence-electron chi connectivity index (χ3n) is 3.57. The van der Waals surface area contributed by atoms with Crippen molar-refractivity contribution >= 4 is 34.9 Å². The second-order valence-corrected chi connectivity index (χ2v) is 7.31. The molecule has 0 unspecified atom stereocenters. The Balaban J connectivity index is 1.53. The van der Waals surface area contributed by atoms with Crippen LogP contribution >= 0.6 is 23.1 Å². The van der Waals surface area contributed by atoms with Crippen LogP contribution in [0.1, 0.15) is 11.6 Å². The molecule has 0 atom stereocenters. The molecule has 0 radical (unpaired) electrons. The van der Waals surface area contributed by atoms with Crippen LogP contribution in [0, 0.1) is 18.3 Å². The van der Waals surface area contributed by atoms with E-state index in [1.807, 2.05) is 27.3 Å². The van der Waals surface area contributed by atoms with E-state index >= 15 is 0 Å². The molecule has 120 valence electrons. The molecule has 8 heteroatoms. The van der Waals surface area contributed by atoms with Gasteiger partial charge >= 0.3 is 0 Å². The van der Waals surface area contributed by atoms with Gasteiger partial charge in [0.05, 0.1) is 9.96 Å². The molecule has 6 nitrogen and oxygen atoms in total. The molecule has 0 spiro atoms. The lowest BCUT2D eigenvalue weighted by Crippen LogP contribution is -2.49. The van der Waals surface area contributed by atoms with E-state index in [4.69, 9.17) is 9.68 Å². The van der Waals surface area contributed by atoms with Gasteiger partial charge in [0.1, 0.15) is 6.07 Å². The van der Waals surface area contributed by atoms with Crippen molar-refractivity contribution in [1.82, 2.24) is 9.88 Å². The summed E-state index contributed by atoms with van der Waals surface area (Å²) in [6.45, 7) is 4.30. The summed E-state index contributed by atoms with van der Waals surface area (Å²) in [6.07, 6.45) is 0. The van der Waals surface area contributed by atoms with Crippen LogP contribution in [0.5, 0.6) is 0 Å². The molecule has 3 rings (SSSR count). The van der Waals surface area contributed by atoms with Crippen LogP contribution in [0.2, 0.25) is 0 Å². The number of amides is 1. The summed E-state index contributed by atoms with van der Waals surface area (Å²) in [5.74, 6) is 1.62. The SMILES string of the molecule is Cc1nc(C#N)c(N2CCN(C(=O)CSc3cccs3)CC2)o1. The number of nitriles is 1. The minimum absolute atomic E-state index is 0.150. The summed E-state index contributed by atoms with van der Waals surface area (Å²) in [6, 6.07) is 6.07. The Kier molecular flexibility index (Phi) is 4.88. The van der Waals surface area contributed by atoms with Gasteiger partial charge in [0.2, 0.25) is 17.5 Å². The summed E-state index contributed by atoms with van der Waals surface area (Å²) in [4.78, 5) is 20.2. The number of carbonyl (C=O) groups is 1. The first-order valence-electron chi connectivity index (χ1n) is 7.24. The van der Waals surface area contributed by atoms with Gasteiger partial charge in [-0.05, 0) is 11.4 Å². The van der Waals surface area contributed by atoms with E-state index < -0.39 is 0 Å². The van der Waals surface area contributed by atoms with Gasteiger partial charge in [0.25, 0.3) is 0 Å². The fraction of sp³-hybridized carbons (Fsp3) is 0.400. The lowest BCUT2D eigenvalue weighted by molar-refractivity contribution is -0.128. The Morgan fingerprint density at radius 3 is 2.91 bits per heavy atom. The molecule has 1 aliphatic rings. The van der Waals surface area contributed by atoms with Crippen molar-refractivity contribution < 1.29 is 9.21 Å². The molecule has 1 amide bonds. The van der Waals surface area contributed by atoms with E-state index in [1.54, 1.807) is 30.0 Å². The van der Waals surface area contributed by atoms with Gasteiger partial charge in [-0.25, -0.2) is 4.98 Å². The summed E-state index contributed by atoms with van der Waals surface area (Å²) in [5, 5.41) is 11.1. The fourth-order valence-electron chi connectivity index (χ4n) is 2.43. The number of hydrogen-bond acceptors (Lipinski definition) is 7. The van der Waals surface area contributed by atoms with Gasteiger partial charge in [-0.2, -0.15) is 5.26 Å². The maximum absolute atomic E-state index is 12.3. The molecule has 0 aromatic carbocycles. The highest BCUT2D eigenvalue weighted by molar-refractivity contribution is 8.01. The van der Waals surface area contributed by atoms with Crippen LogP contribution in [0.3, 0.4) is 0 Å². The lowest BCUT2D eigenvalue weighted by atomic mass is 10.3. The van der Waals surface area contributed by atoms with Gasteiger partial charge in [0.15, 0.2) is 5.89 Å². The standard InChI is InChI=1S/C15H16N4O2S2/c1-11-17-12(9-16)15(21-11)19-6-4-18(5-7-19)13(20)10-23-14-3-2-8-22-14/h2-3,8H,4-7,10H2,1H3. The minimum Gasteiger partial charge on any atom is -0.424 e. The first-order valence-corrected chi connectivity index (χ1v) is 9.10. The molecule has 23 heavy (non-hydrogen) atoms. The lowest BCUT2D eigenvalue weighted by Gasteiger charge is -2.34. The molecule has 1 fully saturated rings. The zero-order valence-electron chi connectivity index (χ0n) is 12.7. The average molecular weight is 348 g/mol. The fourth-order valence-corrected chi connectivity index (χ4v) is 4.12. The monoisotopic (exact) mass is 348 g/mol. The Bertz CT molecular complexity index is 712. The van der Waals surface area contributed by atoms with Crippen molar-refractivity contribution in [1.29, 1.82) is 5.26 Å². The number of aryl methyl sites for hydroxylation is 1. The molecule has 2 aromatic heterocycles. The third kappa shape index (κ3) is 3.68. The number of carbonyl (C=O) groups excluding carboxylic acids is 1. The molecule has 0 aliphatic carbocycles. The number of oxazole rings is 1. The second-order valence-electron chi connectivity index (χ2n) is 5.09. The number of nitrogens with zero attached hydrogens (tertiary/aromatic N) is 4. The molecule has 1 saturated heterocycles. The predicted octanol–water partition coefficient (Wildman–Crippen LogP) is 2.36. The molecule has 1 aliphatic heterocycles. The van der Waals surface area contributed by atoms with E-state index in [9.17, 15) is 4.79 Å². The van der Waals surface area contributed by atoms with E-state index in [0.29, 0.717) is 49.4 Å². The first-order chi connectivity index (χ1) is 11.2. The zero-order chi connectivity index (χ0) is 16.2. The van der Waals surface area contributed by atoms with Crippen molar-refractivity contribution in [3.8, 4) is 6.07 Å². The number of hydrogen-bond donors (Lipinski definition) is 0. The highest BCUT2D eigenvalue weighted by Crippen LogP contribution is 2.25.